The lowest BCUT2D eigenvalue weighted by Crippen LogP contribution is -2.33. The van der Waals surface area contributed by atoms with Gasteiger partial charge in [-0.05, 0) is 76.5 Å². The van der Waals surface area contributed by atoms with Crippen LogP contribution in [0.1, 0.15) is 93.1 Å². The quantitative estimate of drug-likeness (QED) is 0.498. The topological polar surface area (TPSA) is 83.3 Å². The highest BCUT2D eigenvalue weighted by atomic mass is 16.3. The predicted molar refractivity (Wildman–Crippen MR) is 135 cm³/mol. The number of nitrogens with one attached hydrogen (secondary N) is 1. The third-order valence-electron chi connectivity index (χ3n) is 7.38. The van der Waals surface area contributed by atoms with Crippen LogP contribution in [0.3, 0.4) is 0 Å². The third kappa shape index (κ3) is 5.69. The van der Waals surface area contributed by atoms with E-state index in [-0.39, 0.29) is 25.0 Å². The van der Waals surface area contributed by atoms with Crippen molar-refractivity contribution in [2.75, 3.05) is 25.5 Å². The summed E-state index contributed by atoms with van der Waals surface area (Å²) >= 11 is 0. The van der Waals surface area contributed by atoms with Crippen molar-refractivity contribution in [1.29, 1.82) is 0 Å². The van der Waals surface area contributed by atoms with Crippen LogP contribution < -0.4 is 5.32 Å². The fourth-order valence-electron chi connectivity index (χ4n) is 5.42. The maximum Gasteiger partial charge on any atom is 0.226 e. The molecule has 2 fully saturated rings. The molecule has 4 rings (SSSR count). The van der Waals surface area contributed by atoms with E-state index in [2.05, 4.69) is 40.0 Å². The van der Waals surface area contributed by atoms with Gasteiger partial charge < -0.3 is 15.0 Å². The number of rotatable bonds is 11. The van der Waals surface area contributed by atoms with E-state index in [1.807, 2.05) is 37.9 Å². The van der Waals surface area contributed by atoms with Crippen molar-refractivity contribution in [1.82, 2.24) is 19.7 Å². The Bertz CT molecular complexity index is 991. The van der Waals surface area contributed by atoms with Gasteiger partial charge in [0.1, 0.15) is 5.82 Å². The molecule has 0 spiro atoms. The average Bonchev–Trinajstić information content (AvgIpc) is 3.49. The summed E-state index contributed by atoms with van der Waals surface area (Å²) in [5.41, 5.74) is 3.07. The molecule has 2 aliphatic carbocycles. The van der Waals surface area contributed by atoms with Crippen molar-refractivity contribution >= 4 is 11.6 Å². The van der Waals surface area contributed by atoms with Gasteiger partial charge in [0.15, 0.2) is 5.82 Å². The molecule has 1 amide bonds. The maximum atomic E-state index is 13.1. The van der Waals surface area contributed by atoms with Crippen LogP contribution in [-0.2, 0) is 4.79 Å². The first-order chi connectivity index (χ1) is 16.3. The van der Waals surface area contributed by atoms with Gasteiger partial charge in [0.2, 0.25) is 5.91 Å². The van der Waals surface area contributed by atoms with Crippen LogP contribution in [0.2, 0.25) is 0 Å². The Morgan fingerprint density at radius 2 is 1.97 bits per heavy atom. The molecule has 1 heterocycles. The largest absolute Gasteiger partial charge is 0.395 e. The molecule has 2 N–H and O–H groups in total. The predicted octanol–water partition coefficient (Wildman–Crippen LogP) is 4.76. The van der Waals surface area contributed by atoms with Gasteiger partial charge in [0.05, 0.1) is 12.6 Å². The molecule has 0 saturated heterocycles. The van der Waals surface area contributed by atoms with Crippen LogP contribution in [0, 0.1) is 25.7 Å². The summed E-state index contributed by atoms with van der Waals surface area (Å²) in [4.78, 5) is 15.2. The number of carbonyl (C=O) groups is 1. The molecule has 186 valence electrons. The fraction of sp³-hybridized carbons (Fsp3) is 0.667. The molecule has 2 aliphatic rings. The Balaban J connectivity index is 1.54. The van der Waals surface area contributed by atoms with Crippen LogP contribution >= 0.6 is 0 Å². The van der Waals surface area contributed by atoms with E-state index in [1.54, 1.807) is 0 Å². The van der Waals surface area contributed by atoms with E-state index >= 15 is 0 Å². The van der Waals surface area contributed by atoms with E-state index in [9.17, 15) is 9.90 Å². The summed E-state index contributed by atoms with van der Waals surface area (Å²) in [6, 6.07) is 6.26. The van der Waals surface area contributed by atoms with E-state index < -0.39 is 0 Å². The number of amides is 1. The minimum absolute atomic E-state index is 0.0373. The number of nitrogens with zero attached hydrogens (tertiary/aromatic N) is 4. The number of likely N-dealkylation sites (N-methyl/N-ethyl adjacent to an activating group) is 1. The Morgan fingerprint density at radius 3 is 2.59 bits per heavy atom. The summed E-state index contributed by atoms with van der Waals surface area (Å²) in [7, 11) is 1.96. The summed E-state index contributed by atoms with van der Waals surface area (Å²) in [5.74, 6) is 3.92. The number of aliphatic hydroxyl groups is 1. The molecule has 1 aromatic carbocycles. The van der Waals surface area contributed by atoms with Crippen LogP contribution in [0.5, 0.6) is 0 Å². The molecule has 0 aliphatic heterocycles. The number of benzene rings is 1. The molecule has 34 heavy (non-hydrogen) atoms. The number of aliphatic hydroxyl groups excluding tert-OH is 1. The van der Waals surface area contributed by atoms with Gasteiger partial charge in [-0.3, -0.25) is 9.69 Å². The van der Waals surface area contributed by atoms with Gasteiger partial charge in [-0.25, -0.2) is 0 Å². The monoisotopic (exact) mass is 467 g/mol. The Kier molecular flexibility index (Phi) is 7.73. The molecule has 0 radical (unpaired) electrons. The lowest BCUT2D eigenvalue weighted by Gasteiger charge is -2.36. The van der Waals surface area contributed by atoms with E-state index in [1.165, 1.54) is 24.8 Å². The van der Waals surface area contributed by atoms with Gasteiger partial charge in [-0.15, -0.1) is 10.2 Å². The molecular weight excluding hydrogens is 426 g/mol. The molecule has 1 atom stereocenters. The second kappa shape index (κ2) is 10.6. The molecular formula is C27H41N5O2. The number of hydrogen-bond acceptors (Lipinski definition) is 5. The first-order valence-electron chi connectivity index (χ1n) is 12.9. The van der Waals surface area contributed by atoms with Crippen molar-refractivity contribution in [3.63, 3.8) is 0 Å². The standard InChI is InChI=1S/C27H41N5O2/c1-17(2)12-20-14-21(15-20)26-29-30-27(32(26)22-7-8-22)24(31(5)10-11-33)16-25(34)28-23-9-6-18(3)13-19(23)4/h6,9,13,17,20-22,24,33H,7-8,10-12,14-16H2,1-5H3,(H,28,34)/t20-,21+,24-/m0/s1. The van der Waals surface area contributed by atoms with E-state index in [0.717, 1.165) is 47.6 Å². The minimum atomic E-state index is -0.230. The SMILES string of the molecule is Cc1ccc(NC(=O)C[C@@H](c2nnc([C@H]3C[C@@H](CC(C)C)C3)n2C2CC2)N(C)CCO)c(C)c1. The van der Waals surface area contributed by atoms with Crippen LogP contribution in [0.15, 0.2) is 18.2 Å². The van der Waals surface area contributed by atoms with Gasteiger partial charge in [0.25, 0.3) is 0 Å². The fourth-order valence-corrected chi connectivity index (χ4v) is 5.42. The van der Waals surface area contributed by atoms with Crippen molar-refractivity contribution < 1.29 is 9.90 Å². The van der Waals surface area contributed by atoms with Crippen molar-refractivity contribution in [2.45, 2.75) is 84.2 Å². The van der Waals surface area contributed by atoms with E-state index in [4.69, 9.17) is 0 Å². The number of anilines is 1. The van der Waals surface area contributed by atoms with Gasteiger partial charge in [-0.2, -0.15) is 0 Å². The molecule has 2 aromatic rings. The molecule has 0 bridgehead atoms. The number of aromatic nitrogens is 3. The lowest BCUT2D eigenvalue weighted by molar-refractivity contribution is -0.117. The summed E-state index contributed by atoms with van der Waals surface area (Å²) in [6.07, 6.45) is 6.22. The van der Waals surface area contributed by atoms with Gasteiger partial charge >= 0.3 is 0 Å². The van der Waals surface area contributed by atoms with Crippen LogP contribution in [0.25, 0.3) is 0 Å². The zero-order chi connectivity index (χ0) is 24.4. The average molecular weight is 468 g/mol. The van der Waals surface area contributed by atoms with Gasteiger partial charge in [-0.1, -0.05) is 31.5 Å². The summed E-state index contributed by atoms with van der Waals surface area (Å²) in [5, 5.41) is 22.1. The Morgan fingerprint density at radius 1 is 1.24 bits per heavy atom. The second-order valence-corrected chi connectivity index (χ2v) is 11.0. The third-order valence-corrected chi connectivity index (χ3v) is 7.38. The normalized spacial score (nSPS) is 21.1. The smallest absolute Gasteiger partial charge is 0.226 e. The highest BCUT2D eigenvalue weighted by Gasteiger charge is 2.40. The zero-order valence-corrected chi connectivity index (χ0v) is 21.4. The first-order valence-corrected chi connectivity index (χ1v) is 12.9. The minimum Gasteiger partial charge on any atom is -0.395 e. The first kappa shape index (κ1) is 24.9. The van der Waals surface area contributed by atoms with Gasteiger partial charge in [0, 0.05) is 30.6 Å². The van der Waals surface area contributed by atoms with E-state index in [0.29, 0.717) is 18.5 Å². The van der Waals surface area contributed by atoms with Crippen molar-refractivity contribution in [3.05, 3.63) is 41.0 Å². The summed E-state index contributed by atoms with van der Waals surface area (Å²) < 4.78 is 2.35. The highest BCUT2D eigenvalue weighted by Crippen LogP contribution is 2.48. The molecule has 7 nitrogen and oxygen atoms in total. The van der Waals surface area contributed by atoms with Crippen molar-refractivity contribution in [3.8, 4) is 0 Å². The molecule has 2 saturated carbocycles. The number of carbonyl (C=O) groups excluding carboxylic acids is 1. The van der Waals surface area contributed by atoms with Crippen LogP contribution in [-0.4, -0.2) is 50.9 Å². The second-order valence-electron chi connectivity index (χ2n) is 11.0. The zero-order valence-electron chi connectivity index (χ0n) is 21.4. The molecule has 0 unspecified atom stereocenters. The number of aryl methyl sites for hydroxylation is 2. The van der Waals surface area contributed by atoms with Crippen LogP contribution in [0.4, 0.5) is 5.69 Å². The Hall–Kier alpha value is -2.25. The molecule has 7 heteroatoms. The highest BCUT2D eigenvalue weighted by molar-refractivity contribution is 5.91. The maximum absolute atomic E-state index is 13.1. The Labute approximate surface area is 204 Å². The molecule has 1 aromatic heterocycles. The summed E-state index contributed by atoms with van der Waals surface area (Å²) in [6.45, 7) is 9.17. The lowest BCUT2D eigenvalue weighted by atomic mass is 9.71. The van der Waals surface area contributed by atoms with Crippen molar-refractivity contribution in [2.24, 2.45) is 11.8 Å². The number of hydrogen-bond donors (Lipinski definition) is 2.